The van der Waals surface area contributed by atoms with Gasteiger partial charge in [-0.3, -0.25) is 4.90 Å². The molecule has 1 aliphatic heterocycles. The van der Waals surface area contributed by atoms with Gasteiger partial charge in [0.2, 0.25) is 0 Å². The third-order valence-corrected chi connectivity index (χ3v) is 2.93. The first kappa shape index (κ1) is 12.4. The highest BCUT2D eigenvalue weighted by atomic mass is 16.5. The lowest BCUT2D eigenvalue weighted by Gasteiger charge is -2.28. The highest BCUT2D eigenvalue weighted by Gasteiger charge is 2.22. The monoisotopic (exact) mass is 211 g/mol. The molecule has 4 heteroatoms. The SMILES string of the molecule is COCCN1CCCN(C)CC1CC#N. The van der Waals surface area contributed by atoms with E-state index in [1.165, 1.54) is 6.42 Å². The Bertz CT molecular complexity index is 212. The second kappa shape index (κ2) is 6.78. The van der Waals surface area contributed by atoms with Crippen molar-refractivity contribution in [2.24, 2.45) is 0 Å². The Morgan fingerprint density at radius 2 is 2.27 bits per heavy atom. The largest absolute Gasteiger partial charge is 0.383 e. The number of rotatable bonds is 4. The second-order valence-corrected chi connectivity index (χ2v) is 4.16. The van der Waals surface area contributed by atoms with Crippen LogP contribution < -0.4 is 0 Å². The maximum Gasteiger partial charge on any atom is 0.0638 e. The summed E-state index contributed by atoms with van der Waals surface area (Å²) in [7, 11) is 3.85. The van der Waals surface area contributed by atoms with Crippen molar-refractivity contribution in [3.8, 4) is 6.07 Å². The fourth-order valence-electron chi connectivity index (χ4n) is 2.09. The van der Waals surface area contributed by atoms with E-state index in [2.05, 4.69) is 22.9 Å². The van der Waals surface area contributed by atoms with E-state index in [4.69, 9.17) is 10.00 Å². The van der Waals surface area contributed by atoms with Gasteiger partial charge in [-0.1, -0.05) is 0 Å². The van der Waals surface area contributed by atoms with Gasteiger partial charge in [0.05, 0.1) is 19.1 Å². The smallest absolute Gasteiger partial charge is 0.0638 e. The average Bonchev–Trinajstić information content (AvgIpc) is 2.38. The highest BCUT2D eigenvalue weighted by Crippen LogP contribution is 2.11. The molecule has 0 N–H and O–H groups in total. The molecule has 1 heterocycles. The van der Waals surface area contributed by atoms with E-state index < -0.39 is 0 Å². The standard InChI is InChI=1S/C11H21N3O/c1-13-6-3-7-14(8-9-15-2)11(10-13)4-5-12/h11H,3-4,6-10H2,1-2H3. The molecule has 86 valence electrons. The zero-order chi connectivity index (χ0) is 11.1. The molecular weight excluding hydrogens is 190 g/mol. The molecule has 1 aliphatic rings. The number of ether oxygens (including phenoxy) is 1. The lowest BCUT2D eigenvalue weighted by molar-refractivity contribution is 0.120. The Labute approximate surface area is 92.4 Å². The van der Waals surface area contributed by atoms with Gasteiger partial charge < -0.3 is 9.64 Å². The zero-order valence-corrected chi connectivity index (χ0v) is 9.78. The Kier molecular flexibility index (Phi) is 5.62. The summed E-state index contributed by atoms with van der Waals surface area (Å²) in [6.07, 6.45) is 1.80. The van der Waals surface area contributed by atoms with Crippen molar-refractivity contribution in [2.75, 3.05) is 46.9 Å². The number of likely N-dealkylation sites (N-methyl/N-ethyl adjacent to an activating group) is 1. The summed E-state index contributed by atoms with van der Waals surface area (Å²) in [6.45, 7) is 4.91. The molecule has 0 aliphatic carbocycles. The van der Waals surface area contributed by atoms with E-state index in [-0.39, 0.29) is 0 Å². The quantitative estimate of drug-likeness (QED) is 0.681. The predicted molar refractivity (Wildman–Crippen MR) is 59.6 cm³/mol. The van der Waals surface area contributed by atoms with Crippen molar-refractivity contribution >= 4 is 0 Å². The van der Waals surface area contributed by atoms with Crippen molar-refractivity contribution in [3.63, 3.8) is 0 Å². The molecule has 1 rings (SSSR count). The van der Waals surface area contributed by atoms with Crippen molar-refractivity contribution in [3.05, 3.63) is 0 Å². The summed E-state index contributed by atoms with van der Waals surface area (Å²) in [5, 5.41) is 8.81. The van der Waals surface area contributed by atoms with Crippen molar-refractivity contribution in [2.45, 2.75) is 18.9 Å². The molecule has 0 saturated carbocycles. The molecule has 15 heavy (non-hydrogen) atoms. The van der Waals surface area contributed by atoms with Crippen LogP contribution >= 0.6 is 0 Å². The molecular formula is C11H21N3O. The van der Waals surface area contributed by atoms with Gasteiger partial charge in [-0.05, 0) is 26.6 Å². The van der Waals surface area contributed by atoms with Crippen molar-refractivity contribution in [1.82, 2.24) is 9.80 Å². The zero-order valence-electron chi connectivity index (χ0n) is 9.78. The molecule has 1 unspecified atom stereocenters. The fraction of sp³-hybridized carbons (Fsp3) is 0.909. The van der Waals surface area contributed by atoms with Crippen LogP contribution in [0, 0.1) is 11.3 Å². The summed E-state index contributed by atoms with van der Waals surface area (Å²) < 4.78 is 5.10. The van der Waals surface area contributed by atoms with Crippen LogP contribution in [0.2, 0.25) is 0 Å². The van der Waals surface area contributed by atoms with Crippen LogP contribution in [0.1, 0.15) is 12.8 Å². The topological polar surface area (TPSA) is 39.5 Å². The van der Waals surface area contributed by atoms with Gasteiger partial charge in [0.25, 0.3) is 0 Å². The predicted octanol–water partition coefficient (Wildman–Crippen LogP) is 0.553. The van der Waals surface area contributed by atoms with E-state index in [1.807, 2.05) is 0 Å². The van der Waals surface area contributed by atoms with Crippen LogP contribution in [0.15, 0.2) is 0 Å². The van der Waals surface area contributed by atoms with Gasteiger partial charge in [0, 0.05) is 26.2 Å². The van der Waals surface area contributed by atoms with Crippen LogP contribution in [0.3, 0.4) is 0 Å². The van der Waals surface area contributed by atoms with Gasteiger partial charge in [0.15, 0.2) is 0 Å². The first-order chi connectivity index (χ1) is 7.27. The van der Waals surface area contributed by atoms with E-state index in [9.17, 15) is 0 Å². The third kappa shape index (κ3) is 4.17. The van der Waals surface area contributed by atoms with Gasteiger partial charge in [-0.15, -0.1) is 0 Å². The molecule has 1 atom stereocenters. The number of methoxy groups -OCH3 is 1. The summed E-state index contributed by atoms with van der Waals surface area (Å²) in [5.74, 6) is 0. The van der Waals surface area contributed by atoms with E-state index in [0.717, 1.165) is 32.8 Å². The van der Waals surface area contributed by atoms with E-state index in [1.54, 1.807) is 7.11 Å². The molecule has 0 radical (unpaired) electrons. The summed E-state index contributed by atoms with van der Waals surface area (Å²) in [6, 6.07) is 2.66. The minimum atomic E-state index is 0.373. The molecule has 4 nitrogen and oxygen atoms in total. The minimum absolute atomic E-state index is 0.373. The van der Waals surface area contributed by atoms with Crippen LogP contribution in [-0.2, 0) is 4.74 Å². The molecule has 0 bridgehead atoms. The first-order valence-electron chi connectivity index (χ1n) is 5.56. The molecule has 1 fully saturated rings. The molecule has 1 saturated heterocycles. The Morgan fingerprint density at radius 3 is 2.93 bits per heavy atom. The lowest BCUT2D eigenvalue weighted by atomic mass is 10.2. The van der Waals surface area contributed by atoms with Gasteiger partial charge in [0.1, 0.15) is 0 Å². The number of nitriles is 1. The Hall–Kier alpha value is -0.630. The molecule has 0 spiro atoms. The van der Waals surface area contributed by atoms with Gasteiger partial charge in [-0.25, -0.2) is 0 Å². The summed E-state index contributed by atoms with van der Waals surface area (Å²) in [5.41, 5.74) is 0. The number of nitrogens with zero attached hydrogens (tertiary/aromatic N) is 3. The molecule has 0 aromatic rings. The van der Waals surface area contributed by atoms with E-state index >= 15 is 0 Å². The fourth-order valence-corrected chi connectivity index (χ4v) is 2.09. The third-order valence-electron chi connectivity index (χ3n) is 2.93. The number of hydrogen-bond donors (Lipinski definition) is 0. The Morgan fingerprint density at radius 1 is 1.47 bits per heavy atom. The highest BCUT2D eigenvalue weighted by molar-refractivity contribution is 4.86. The average molecular weight is 211 g/mol. The maximum absolute atomic E-state index is 8.81. The minimum Gasteiger partial charge on any atom is -0.383 e. The van der Waals surface area contributed by atoms with E-state index in [0.29, 0.717) is 12.5 Å². The summed E-state index contributed by atoms with van der Waals surface area (Å²) >= 11 is 0. The first-order valence-corrected chi connectivity index (χ1v) is 5.56. The van der Waals surface area contributed by atoms with Crippen molar-refractivity contribution < 1.29 is 4.74 Å². The van der Waals surface area contributed by atoms with Gasteiger partial charge in [-0.2, -0.15) is 5.26 Å². The summed E-state index contributed by atoms with van der Waals surface area (Å²) in [4.78, 5) is 4.70. The Balaban J connectivity index is 2.51. The van der Waals surface area contributed by atoms with Crippen LogP contribution in [0.25, 0.3) is 0 Å². The van der Waals surface area contributed by atoms with Crippen LogP contribution in [-0.4, -0.2) is 62.8 Å². The van der Waals surface area contributed by atoms with Crippen molar-refractivity contribution in [1.29, 1.82) is 5.26 Å². The number of hydrogen-bond acceptors (Lipinski definition) is 4. The normalized spacial score (nSPS) is 24.7. The van der Waals surface area contributed by atoms with Gasteiger partial charge >= 0.3 is 0 Å². The maximum atomic E-state index is 8.81. The molecule has 0 amide bonds. The van der Waals surface area contributed by atoms with Crippen LogP contribution in [0.4, 0.5) is 0 Å². The molecule has 0 aromatic carbocycles. The molecule has 0 aromatic heterocycles. The second-order valence-electron chi connectivity index (χ2n) is 4.16. The lowest BCUT2D eigenvalue weighted by Crippen LogP contribution is -2.41. The van der Waals surface area contributed by atoms with Crippen LogP contribution in [0.5, 0.6) is 0 Å².